The zero-order chi connectivity index (χ0) is 25.2. The first-order valence-corrected chi connectivity index (χ1v) is 12.1. The summed E-state index contributed by atoms with van der Waals surface area (Å²) in [5.74, 6) is -1.43. The van der Waals surface area contributed by atoms with Gasteiger partial charge in [-0.25, -0.2) is 9.59 Å². The summed E-state index contributed by atoms with van der Waals surface area (Å²) < 4.78 is 5.67. The molecule has 6 rings (SSSR count). The number of amides is 2. The molecular formula is C28H32N2O5. The van der Waals surface area contributed by atoms with Crippen molar-refractivity contribution in [3.05, 3.63) is 59.7 Å². The molecule has 2 bridgehead atoms. The highest BCUT2D eigenvalue weighted by atomic mass is 16.5. The molecule has 0 aromatic heterocycles. The summed E-state index contributed by atoms with van der Waals surface area (Å²) >= 11 is 0. The van der Waals surface area contributed by atoms with Crippen molar-refractivity contribution < 1.29 is 24.2 Å². The van der Waals surface area contributed by atoms with E-state index >= 15 is 0 Å². The standard InChI is InChI=1S/C28H32N2O5/c1-26(2,3)22(23(31)30-16-27(4)14-28(30,15-27)24(32)33)29-25(34)35-13-21-19-11-7-5-9-17(19)18-10-6-8-12-20(18)21/h5-12,21-22H,13-16H2,1-4H3,(H,29,34)(H,32,33)/t22-,27?,28?/m1/s1. The first-order chi connectivity index (χ1) is 16.5. The van der Waals surface area contributed by atoms with Crippen LogP contribution >= 0.6 is 0 Å². The molecule has 2 aromatic carbocycles. The lowest BCUT2D eigenvalue weighted by Crippen LogP contribution is -2.62. The minimum absolute atomic E-state index is 0.0852. The molecule has 2 N–H and O–H groups in total. The fraction of sp³-hybridized carbons (Fsp3) is 0.464. The van der Waals surface area contributed by atoms with Gasteiger partial charge in [0.15, 0.2) is 0 Å². The van der Waals surface area contributed by atoms with Crippen LogP contribution in [0.2, 0.25) is 0 Å². The van der Waals surface area contributed by atoms with Crippen molar-refractivity contribution in [2.75, 3.05) is 13.2 Å². The average Bonchev–Trinajstić information content (AvgIpc) is 3.38. The number of carbonyl (C=O) groups excluding carboxylic acids is 2. The van der Waals surface area contributed by atoms with Crippen LogP contribution in [0.1, 0.15) is 57.6 Å². The van der Waals surface area contributed by atoms with Crippen LogP contribution in [0.25, 0.3) is 11.1 Å². The maximum atomic E-state index is 13.6. The highest BCUT2D eigenvalue weighted by molar-refractivity contribution is 5.94. The van der Waals surface area contributed by atoms with Crippen LogP contribution < -0.4 is 5.32 Å². The molecule has 7 heteroatoms. The molecule has 2 aliphatic carbocycles. The molecule has 0 radical (unpaired) electrons. The number of hydrogen-bond acceptors (Lipinski definition) is 4. The number of nitrogens with zero attached hydrogens (tertiary/aromatic N) is 1. The van der Waals surface area contributed by atoms with Crippen LogP contribution in [0, 0.1) is 10.8 Å². The first kappa shape index (κ1) is 23.4. The second-order valence-corrected chi connectivity index (χ2v) is 11.7. The third-order valence-electron chi connectivity index (χ3n) is 7.88. The second kappa shape index (κ2) is 7.83. The van der Waals surface area contributed by atoms with E-state index in [4.69, 9.17) is 4.74 Å². The van der Waals surface area contributed by atoms with Gasteiger partial charge < -0.3 is 20.1 Å². The number of ether oxygens (including phenoxy) is 1. The maximum absolute atomic E-state index is 13.6. The molecule has 2 saturated heterocycles. The molecule has 35 heavy (non-hydrogen) atoms. The molecule has 3 fully saturated rings. The van der Waals surface area contributed by atoms with Crippen LogP contribution in [0.5, 0.6) is 0 Å². The highest BCUT2D eigenvalue weighted by Gasteiger charge is 2.69. The van der Waals surface area contributed by atoms with Gasteiger partial charge >= 0.3 is 12.1 Å². The highest BCUT2D eigenvalue weighted by Crippen LogP contribution is 2.59. The zero-order valence-corrected chi connectivity index (χ0v) is 20.6. The Bertz CT molecular complexity index is 1160. The Balaban J connectivity index is 1.31. The third-order valence-corrected chi connectivity index (χ3v) is 7.88. The molecule has 2 heterocycles. The minimum Gasteiger partial charge on any atom is -0.479 e. The van der Waals surface area contributed by atoms with Crippen LogP contribution in [-0.2, 0) is 14.3 Å². The van der Waals surface area contributed by atoms with Crippen molar-refractivity contribution in [1.82, 2.24) is 10.2 Å². The SMILES string of the molecule is CC12CN(C(=O)[C@@H](NC(=O)OCC3c4ccccc4-c4ccccc43)C(C)(C)C)C(C(=O)O)(C1)C2. The topological polar surface area (TPSA) is 95.9 Å². The van der Waals surface area contributed by atoms with Gasteiger partial charge in [0.2, 0.25) is 5.91 Å². The van der Waals surface area contributed by atoms with Crippen molar-refractivity contribution >= 4 is 18.0 Å². The lowest BCUT2D eigenvalue weighted by atomic mass is 9.63. The van der Waals surface area contributed by atoms with E-state index in [1.165, 1.54) is 4.90 Å². The lowest BCUT2D eigenvalue weighted by molar-refractivity contribution is -0.161. The smallest absolute Gasteiger partial charge is 0.407 e. The van der Waals surface area contributed by atoms with Crippen LogP contribution in [-0.4, -0.2) is 52.7 Å². The lowest BCUT2D eigenvalue weighted by Gasteiger charge is -2.44. The average molecular weight is 477 g/mol. The minimum atomic E-state index is -1.17. The van der Waals surface area contributed by atoms with E-state index in [0.29, 0.717) is 19.4 Å². The summed E-state index contributed by atoms with van der Waals surface area (Å²) in [4.78, 5) is 40.1. The molecule has 0 unspecified atom stereocenters. The number of fused-ring (bicyclic) bond motifs is 4. The second-order valence-electron chi connectivity index (χ2n) is 11.7. The Morgan fingerprint density at radius 3 is 2.11 bits per heavy atom. The molecule has 0 spiro atoms. The number of carbonyl (C=O) groups is 3. The van der Waals surface area contributed by atoms with Gasteiger partial charge in [0, 0.05) is 12.5 Å². The van der Waals surface area contributed by atoms with Crippen LogP contribution in [0.15, 0.2) is 48.5 Å². The van der Waals surface area contributed by atoms with Crippen molar-refractivity contribution in [1.29, 1.82) is 0 Å². The summed E-state index contributed by atoms with van der Waals surface area (Å²) in [7, 11) is 0. The number of benzene rings is 2. The zero-order valence-electron chi connectivity index (χ0n) is 20.6. The Morgan fingerprint density at radius 1 is 1.06 bits per heavy atom. The fourth-order valence-electron chi connectivity index (χ4n) is 6.31. The van der Waals surface area contributed by atoms with Gasteiger partial charge in [0.1, 0.15) is 18.2 Å². The molecule has 1 atom stereocenters. The molecule has 1 saturated carbocycles. The van der Waals surface area contributed by atoms with Crippen molar-refractivity contribution in [2.45, 2.75) is 58.0 Å². The maximum Gasteiger partial charge on any atom is 0.407 e. The number of hydrogen-bond donors (Lipinski definition) is 2. The number of aliphatic carboxylic acids is 1. The van der Waals surface area contributed by atoms with Crippen molar-refractivity contribution in [2.24, 2.45) is 10.8 Å². The number of rotatable bonds is 5. The van der Waals surface area contributed by atoms with Gasteiger partial charge in [0.25, 0.3) is 0 Å². The normalized spacial score (nSPS) is 25.3. The monoisotopic (exact) mass is 476 g/mol. The van der Waals surface area contributed by atoms with Gasteiger partial charge in [-0.3, -0.25) is 4.79 Å². The van der Waals surface area contributed by atoms with Crippen LogP contribution in [0.4, 0.5) is 4.79 Å². The quantitative estimate of drug-likeness (QED) is 0.667. The number of alkyl carbamates (subject to hydrolysis) is 1. The molecule has 2 aromatic rings. The molecule has 2 amide bonds. The summed E-state index contributed by atoms with van der Waals surface area (Å²) in [6.07, 6.45) is 0.216. The van der Waals surface area contributed by atoms with Gasteiger partial charge in [-0.1, -0.05) is 76.2 Å². The molecule has 4 aliphatic rings. The largest absolute Gasteiger partial charge is 0.479 e. The predicted octanol–water partition coefficient (Wildman–Crippen LogP) is 4.41. The summed E-state index contributed by atoms with van der Waals surface area (Å²) in [6.45, 7) is 8.11. The van der Waals surface area contributed by atoms with E-state index < -0.39 is 29.1 Å². The molecular weight excluding hydrogens is 444 g/mol. The molecule has 2 aliphatic heterocycles. The first-order valence-electron chi connectivity index (χ1n) is 12.1. The van der Waals surface area contributed by atoms with Crippen molar-refractivity contribution in [3.8, 4) is 11.1 Å². The Kier molecular flexibility index (Phi) is 5.24. The van der Waals surface area contributed by atoms with Gasteiger partial charge in [-0.2, -0.15) is 0 Å². The Labute approximate surface area is 205 Å². The molecule has 184 valence electrons. The summed E-state index contributed by atoms with van der Waals surface area (Å²) in [6, 6.07) is 15.3. The molecule has 7 nitrogen and oxygen atoms in total. The van der Waals surface area contributed by atoms with Crippen molar-refractivity contribution in [3.63, 3.8) is 0 Å². The van der Waals surface area contributed by atoms with E-state index in [1.807, 2.05) is 64.1 Å². The third kappa shape index (κ3) is 3.68. The van der Waals surface area contributed by atoms with Gasteiger partial charge in [0.05, 0.1) is 0 Å². The number of carboxylic acids is 1. The van der Waals surface area contributed by atoms with Gasteiger partial charge in [-0.05, 0) is 45.9 Å². The Hall–Kier alpha value is -3.35. The predicted molar refractivity (Wildman–Crippen MR) is 131 cm³/mol. The van der Waals surface area contributed by atoms with E-state index in [-0.39, 0.29) is 23.8 Å². The Morgan fingerprint density at radius 2 is 1.60 bits per heavy atom. The van der Waals surface area contributed by atoms with Gasteiger partial charge in [-0.15, -0.1) is 0 Å². The fourth-order valence-corrected chi connectivity index (χ4v) is 6.31. The van der Waals surface area contributed by atoms with E-state index in [1.54, 1.807) is 0 Å². The van der Waals surface area contributed by atoms with E-state index in [0.717, 1.165) is 22.3 Å². The number of nitrogens with one attached hydrogen (secondary N) is 1. The summed E-state index contributed by atoms with van der Waals surface area (Å²) in [5, 5.41) is 12.6. The van der Waals surface area contributed by atoms with Crippen LogP contribution in [0.3, 0.4) is 0 Å². The summed E-state index contributed by atoms with van der Waals surface area (Å²) in [5.41, 5.74) is 2.52. The van der Waals surface area contributed by atoms with E-state index in [9.17, 15) is 19.5 Å². The number of carboxylic acid groups (broad SMARTS) is 1. The van der Waals surface area contributed by atoms with E-state index in [2.05, 4.69) is 17.4 Å².